The van der Waals surface area contributed by atoms with Gasteiger partial charge in [-0.25, -0.2) is 9.97 Å². The van der Waals surface area contributed by atoms with Gasteiger partial charge in [-0.05, 0) is 6.92 Å². The van der Waals surface area contributed by atoms with E-state index in [1.165, 1.54) is 6.33 Å². The van der Waals surface area contributed by atoms with Crippen LogP contribution in [0.15, 0.2) is 12.5 Å². The molecule has 64 valence electrons. The predicted molar refractivity (Wildman–Crippen MR) is 43.5 cm³/mol. The van der Waals surface area contributed by atoms with Gasteiger partial charge in [0.25, 0.3) is 0 Å². The molecule has 0 saturated carbocycles. The Balaban J connectivity index is 2.39. The molecule has 4 heteroatoms. The normalized spacial score (nSPS) is 20.2. The van der Waals surface area contributed by atoms with Gasteiger partial charge < -0.3 is 10.4 Å². The monoisotopic (exact) mass is 165 g/mol. The molecule has 1 saturated heterocycles. The van der Waals surface area contributed by atoms with E-state index in [1.54, 1.807) is 6.20 Å². The fourth-order valence-corrected chi connectivity index (χ4v) is 1.40. The highest BCUT2D eigenvalue weighted by Crippen LogP contribution is 2.25. The van der Waals surface area contributed by atoms with Gasteiger partial charge in [0.15, 0.2) is 0 Å². The molecule has 0 aromatic carbocycles. The van der Waals surface area contributed by atoms with Crippen LogP contribution in [0.2, 0.25) is 0 Å². The third kappa shape index (κ3) is 1.00. The lowest BCUT2D eigenvalue weighted by atomic mass is 9.88. The first-order chi connectivity index (χ1) is 5.72. The van der Waals surface area contributed by atoms with E-state index in [2.05, 4.69) is 15.3 Å². The number of aryl methyl sites for hydroxylation is 1. The minimum atomic E-state index is -0.731. The molecule has 1 aliphatic rings. The van der Waals surface area contributed by atoms with Crippen LogP contribution in [-0.2, 0) is 5.60 Å². The molecule has 2 N–H and O–H groups in total. The van der Waals surface area contributed by atoms with Crippen LogP contribution >= 0.6 is 0 Å². The molecule has 0 aliphatic carbocycles. The first-order valence-electron chi connectivity index (χ1n) is 3.92. The summed E-state index contributed by atoms with van der Waals surface area (Å²) < 4.78 is 0. The Morgan fingerprint density at radius 3 is 2.83 bits per heavy atom. The summed E-state index contributed by atoms with van der Waals surface area (Å²) >= 11 is 0. The molecule has 0 amide bonds. The zero-order valence-electron chi connectivity index (χ0n) is 6.91. The molecule has 2 heterocycles. The van der Waals surface area contributed by atoms with Crippen LogP contribution in [0.5, 0.6) is 0 Å². The molecule has 1 aromatic rings. The van der Waals surface area contributed by atoms with Crippen LogP contribution in [-0.4, -0.2) is 28.2 Å². The maximum Gasteiger partial charge on any atom is 0.118 e. The Hall–Kier alpha value is -1.00. The molecule has 4 nitrogen and oxygen atoms in total. The zero-order chi connectivity index (χ0) is 8.60. The molecule has 1 aromatic heterocycles. The maximum atomic E-state index is 9.92. The summed E-state index contributed by atoms with van der Waals surface area (Å²) in [4.78, 5) is 7.92. The maximum absolute atomic E-state index is 9.92. The summed E-state index contributed by atoms with van der Waals surface area (Å²) in [5.74, 6) is 0. The Kier molecular flexibility index (Phi) is 1.59. The fourth-order valence-electron chi connectivity index (χ4n) is 1.40. The number of rotatable bonds is 1. The average Bonchev–Trinajstić information content (AvgIpc) is 2.01. The van der Waals surface area contributed by atoms with Gasteiger partial charge in [-0.1, -0.05) is 0 Å². The van der Waals surface area contributed by atoms with Gasteiger partial charge in [0, 0.05) is 30.5 Å². The third-order valence-corrected chi connectivity index (χ3v) is 2.25. The SMILES string of the molecule is Cc1ncncc1C1(O)CNC1. The van der Waals surface area contributed by atoms with Crippen molar-refractivity contribution < 1.29 is 5.11 Å². The summed E-state index contributed by atoms with van der Waals surface area (Å²) in [5, 5.41) is 12.9. The van der Waals surface area contributed by atoms with Gasteiger partial charge >= 0.3 is 0 Å². The number of hydrogen-bond acceptors (Lipinski definition) is 4. The average molecular weight is 165 g/mol. The van der Waals surface area contributed by atoms with E-state index < -0.39 is 5.60 Å². The van der Waals surface area contributed by atoms with Crippen LogP contribution in [0.4, 0.5) is 0 Å². The van der Waals surface area contributed by atoms with Crippen LogP contribution in [0.25, 0.3) is 0 Å². The summed E-state index contributed by atoms with van der Waals surface area (Å²) in [6.07, 6.45) is 3.18. The zero-order valence-corrected chi connectivity index (χ0v) is 6.91. The standard InChI is InChI=1S/C8H11N3O/c1-6-7(2-9-5-11-6)8(12)3-10-4-8/h2,5,10,12H,3-4H2,1H3. The molecule has 0 bridgehead atoms. The smallest absolute Gasteiger partial charge is 0.118 e. The van der Waals surface area contributed by atoms with Gasteiger partial charge in [-0.15, -0.1) is 0 Å². The largest absolute Gasteiger partial charge is 0.382 e. The molecule has 1 aliphatic heterocycles. The van der Waals surface area contributed by atoms with Crippen molar-refractivity contribution in [3.05, 3.63) is 23.8 Å². The van der Waals surface area contributed by atoms with Gasteiger partial charge in [-0.3, -0.25) is 0 Å². The van der Waals surface area contributed by atoms with Crippen LogP contribution in [0.1, 0.15) is 11.3 Å². The number of nitrogens with one attached hydrogen (secondary N) is 1. The van der Waals surface area contributed by atoms with Crippen LogP contribution < -0.4 is 5.32 Å². The minimum absolute atomic E-state index is 0.598. The first kappa shape index (κ1) is 7.64. The summed E-state index contributed by atoms with van der Waals surface area (Å²) in [6.45, 7) is 3.08. The van der Waals surface area contributed by atoms with Crippen molar-refractivity contribution in [3.63, 3.8) is 0 Å². The molecule has 0 radical (unpaired) electrons. The molecule has 12 heavy (non-hydrogen) atoms. The Morgan fingerprint density at radius 2 is 2.33 bits per heavy atom. The lowest BCUT2D eigenvalue weighted by Crippen LogP contribution is -2.57. The molecular weight excluding hydrogens is 154 g/mol. The van der Waals surface area contributed by atoms with Gasteiger partial charge in [-0.2, -0.15) is 0 Å². The molecule has 0 unspecified atom stereocenters. The van der Waals surface area contributed by atoms with Gasteiger partial charge in [0.1, 0.15) is 11.9 Å². The highest BCUT2D eigenvalue weighted by Gasteiger charge is 2.37. The second-order valence-electron chi connectivity index (χ2n) is 3.16. The highest BCUT2D eigenvalue weighted by molar-refractivity contribution is 5.26. The lowest BCUT2D eigenvalue weighted by Gasteiger charge is -2.38. The Morgan fingerprint density at radius 1 is 1.58 bits per heavy atom. The van der Waals surface area contributed by atoms with Crippen molar-refractivity contribution >= 4 is 0 Å². The first-order valence-corrected chi connectivity index (χ1v) is 3.92. The minimum Gasteiger partial charge on any atom is -0.382 e. The van der Waals surface area contributed by atoms with E-state index in [4.69, 9.17) is 0 Å². The van der Waals surface area contributed by atoms with E-state index in [-0.39, 0.29) is 0 Å². The quantitative estimate of drug-likeness (QED) is 0.593. The van der Waals surface area contributed by atoms with Gasteiger partial charge in [0.2, 0.25) is 0 Å². The molecule has 2 rings (SSSR count). The van der Waals surface area contributed by atoms with Crippen molar-refractivity contribution in [2.45, 2.75) is 12.5 Å². The van der Waals surface area contributed by atoms with Crippen molar-refractivity contribution in [2.75, 3.05) is 13.1 Å². The predicted octanol–water partition coefficient (Wildman–Crippen LogP) is -0.424. The van der Waals surface area contributed by atoms with E-state index in [1.807, 2.05) is 6.92 Å². The van der Waals surface area contributed by atoms with E-state index >= 15 is 0 Å². The lowest BCUT2D eigenvalue weighted by molar-refractivity contribution is -0.0158. The summed E-state index contributed by atoms with van der Waals surface area (Å²) in [7, 11) is 0. The van der Waals surface area contributed by atoms with E-state index in [0.717, 1.165) is 11.3 Å². The molecule has 1 fully saturated rings. The summed E-state index contributed by atoms with van der Waals surface area (Å²) in [5.41, 5.74) is 0.962. The second-order valence-corrected chi connectivity index (χ2v) is 3.16. The van der Waals surface area contributed by atoms with E-state index in [9.17, 15) is 5.11 Å². The Labute approximate surface area is 70.7 Å². The number of nitrogens with zero attached hydrogens (tertiary/aromatic N) is 2. The Bertz CT molecular complexity index is 296. The summed E-state index contributed by atoms with van der Waals surface area (Å²) in [6, 6.07) is 0. The van der Waals surface area contributed by atoms with Crippen LogP contribution in [0, 0.1) is 6.92 Å². The van der Waals surface area contributed by atoms with Crippen molar-refractivity contribution in [2.24, 2.45) is 0 Å². The van der Waals surface area contributed by atoms with Gasteiger partial charge in [0.05, 0.1) is 0 Å². The van der Waals surface area contributed by atoms with Crippen molar-refractivity contribution in [3.8, 4) is 0 Å². The van der Waals surface area contributed by atoms with E-state index in [0.29, 0.717) is 13.1 Å². The fraction of sp³-hybridized carbons (Fsp3) is 0.500. The number of aliphatic hydroxyl groups is 1. The second kappa shape index (κ2) is 2.50. The highest BCUT2D eigenvalue weighted by atomic mass is 16.3. The van der Waals surface area contributed by atoms with Crippen molar-refractivity contribution in [1.82, 2.24) is 15.3 Å². The van der Waals surface area contributed by atoms with Crippen LogP contribution in [0.3, 0.4) is 0 Å². The third-order valence-electron chi connectivity index (χ3n) is 2.25. The molecular formula is C8H11N3O. The number of β-amino-alcohol motifs (C(OH)–C–C–N with tert-alkyl or cyclic N) is 1. The van der Waals surface area contributed by atoms with Crippen molar-refractivity contribution in [1.29, 1.82) is 0 Å². The molecule has 0 atom stereocenters. The molecule has 0 spiro atoms. The number of hydrogen-bond donors (Lipinski definition) is 2. The topological polar surface area (TPSA) is 58.0 Å². The number of aromatic nitrogens is 2.